The predicted octanol–water partition coefficient (Wildman–Crippen LogP) is 2.37. The summed E-state index contributed by atoms with van der Waals surface area (Å²) >= 11 is 0. The fourth-order valence-electron chi connectivity index (χ4n) is 1.78. The van der Waals surface area contributed by atoms with Crippen molar-refractivity contribution in [2.45, 2.75) is 19.8 Å². The number of aromatic nitrogens is 1. The largest absolute Gasteiger partial charge is 0.441 e. The van der Waals surface area contributed by atoms with E-state index >= 15 is 0 Å². The monoisotopic (exact) mass is 244 g/mol. The number of carbonyl (C=O) groups is 1. The minimum absolute atomic E-state index is 0.0336. The van der Waals surface area contributed by atoms with Crippen molar-refractivity contribution in [2.75, 3.05) is 6.54 Å². The summed E-state index contributed by atoms with van der Waals surface area (Å²) < 4.78 is 5.40. The summed E-state index contributed by atoms with van der Waals surface area (Å²) in [6.07, 6.45) is 2.84. The molecule has 2 aromatic rings. The number of carbonyl (C=O) groups excluding carboxylic acids is 1. The molecule has 0 aliphatic heterocycles. The van der Waals surface area contributed by atoms with Crippen molar-refractivity contribution < 1.29 is 9.21 Å². The molecule has 1 aromatic heterocycles. The van der Waals surface area contributed by atoms with Gasteiger partial charge in [0, 0.05) is 19.9 Å². The normalized spacial score (nSPS) is 10.5. The third-order valence-electron chi connectivity index (χ3n) is 2.64. The van der Waals surface area contributed by atoms with Crippen molar-refractivity contribution in [3.05, 3.63) is 42.3 Å². The third kappa shape index (κ3) is 2.97. The molecule has 0 spiro atoms. The van der Waals surface area contributed by atoms with Crippen LogP contribution in [0.1, 0.15) is 17.9 Å². The third-order valence-corrected chi connectivity index (χ3v) is 2.64. The second-order valence-electron chi connectivity index (χ2n) is 4.13. The Morgan fingerprint density at radius 1 is 1.56 bits per heavy atom. The Bertz CT molecular complexity index is 572. The highest BCUT2D eigenvalue weighted by atomic mass is 16.3. The molecule has 4 heteroatoms. The Balaban J connectivity index is 1.99. The van der Waals surface area contributed by atoms with Crippen LogP contribution >= 0.6 is 0 Å². The van der Waals surface area contributed by atoms with Gasteiger partial charge in [0.2, 0.25) is 5.91 Å². The second-order valence-corrected chi connectivity index (χ2v) is 4.13. The maximum absolute atomic E-state index is 11.4. The summed E-state index contributed by atoms with van der Waals surface area (Å²) in [4.78, 5) is 15.7. The Labute approximate surface area is 106 Å². The first-order valence-corrected chi connectivity index (χ1v) is 5.92. The van der Waals surface area contributed by atoms with E-state index in [9.17, 15) is 4.79 Å². The van der Waals surface area contributed by atoms with Crippen LogP contribution in [0.5, 0.6) is 0 Å². The first-order chi connectivity index (χ1) is 8.69. The Kier molecular flexibility index (Phi) is 3.77. The summed E-state index contributed by atoms with van der Waals surface area (Å²) in [7, 11) is 0. The van der Waals surface area contributed by atoms with Crippen LogP contribution in [0.15, 0.2) is 35.3 Å². The molecule has 0 fully saturated rings. The smallest absolute Gasteiger partial charge is 0.220 e. The molecule has 18 heavy (non-hydrogen) atoms. The number of aryl methyl sites for hydroxylation is 2. The molecule has 1 heterocycles. The van der Waals surface area contributed by atoms with Gasteiger partial charge >= 0.3 is 0 Å². The Morgan fingerprint density at radius 3 is 3.17 bits per heavy atom. The van der Waals surface area contributed by atoms with Gasteiger partial charge in [0.25, 0.3) is 0 Å². The van der Waals surface area contributed by atoms with E-state index in [0.717, 1.165) is 16.7 Å². The first kappa shape index (κ1) is 12.4. The van der Waals surface area contributed by atoms with Crippen LogP contribution in [0, 0.1) is 6.92 Å². The van der Waals surface area contributed by atoms with Crippen LogP contribution in [-0.2, 0) is 11.2 Å². The molecule has 4 nitrogen and oxygen atoms in total. The van der Waals surface area contributed by atoms with Crippen LogP contribution in [-0.4, -0.2) is 17.4 Å². The van der Waals surface area contributed by atoms with Gasteiger partial charge in [-0.15, -0.1) is 6.58 Å². The van der Waals surface area contributed by atoms with Crippen LogP contribution < -0.4 is 5.32 Å². The molecule has 0 radical (unpaired) electrons. The molecule has 0 aliphatic rings. The number of fused-ring (bicyclic) bond motifs is 1. The minimum Gasteiger partial charge on any atom is -0.441 e. The molecule has 0 atom stereocenters. The molecule has 0 saturated carbocycles. The quantitative estimate of drug-likeness (QED) is 0.821. The number of benzene rings is 1. The fourth-order valence-corrected chi connectivity index (χ4v) is 1.78. The van der Waals surface area contributed by atoms with Crippen LogP contribution in [0.3, 0.4) is 0 Å². The van der Waals surface area contributed by atoms with Gasteiger partial charge in [-0.3, -0.25) is 4.79 Å². The van der Waals surface area contributed by atoms with E-state index in [0.29, 0.717) is 25.3 Å². The van der Waals surface area contributed by atoms with Crippen molar-refractivity contribution >= 4 is 17.0 Å². The number of oxazole rings is 1. The molecular formula is C14H16N2O2. The topological polar surface area (TPSA) is 55.1 Å². The zero-order valence-electron chi connectivity index (χ0n) is 10.4. The van der Waals surface area contributed by atoms with Gasteiger partial charge in [0.1, 0.15) is 5.52 Å². The lowest BCUT2D eigenvalue weighted by atomic mass is 10.1. The van der Waals surface area contributed by atoms with Gasteiger partial charge in [-0.1, -0.05) is 12.1 Å². The van der Waals surface area contributed by atoms with E-state index in [4.69, 9.17) is 4.42 Å². The Hall–Kier alpha value is -2.10. The van der Waals surface area contributed by atoms with Gasteiger partial charge in [-0.05, 0) is 24.1 Å². The SMILES string of the molecule is C=CCNC(=O)CCc1ccc2oc(C)nc2c1. The summed E-state index contributed by atoms with van der Waals surface area (Å²) in [5.41, 5.74) is 2.72. The molecule has 0 bridgehead atoms. The maximum Gasteiger partial charge on any atom is 0.220 e. The van der Waals surface area contributed by atoms with E-state index < -0.39 is 0 Å². The lowest BCUT2D eigenvalue weighted by molar-refractivity contribution is -0.120. The predicted molar refractivity (Wildman–Crippen MR) is 70.3 cm³/mol. The van der Waals surface area contributed by atoms with Crippen molar-refractivity contribution in [1.29, 1.82) is 0 Å². The van der Waals surface area contributed by atoms with E-state index in [1.807, 2.05) is 25.1 Å². The van der Waals surface area contributed by atoms with E-state index in [-0.39, 0.29) is 5.91 Å². The molecule has 1 amide bonds. The lowest BCUT2D eigenvalue weighted by Crippen LogP contribution is -2.23. The first-order valence-electron chi connectivity index (χ1n) is 5.92. The average Bonchev–Trinajstić information content (AvgIpc) is 2.73. The minimum atomic E-state index is 0.0336. The zero-order chi connectivity index (χ0) is 13.0. The molecule has 94 valence electrons. The molecule has 0 unspecified atom stereocenters. The lowest BCUT2D eigenvalue weighted by Gasteiger charge is -2.02. The maximum atomic E-state index is 11.4. The highest BCUT2D eigenvalue weighted by Gasteiger charge is 2.05. The molecule has 1 N–H and O–H groups in total. The molecule has 1 aromatic carbocycles. The van der Waals surface area contributed by atoms with Gasteiger partial charge in [0.15, 0.2) is 11.5 Å². The van der Waals surface area contributed by atoms with Gasteiger partial charge in [0.05, 0.1) is 0 Å². The Morgan fingerprint density at radius 2 is 2.39 bits per heavy atom. The molecule has 0 aliphatic carbocycles. The zero-order valence-corrected chi connectivity index (χ0v) is 10.4. The standard InChI is InChI=1S/C14H16N2O2/c1-3-8-15-14(17)7-5-11-4-6-13-12(9-11)16-10(2)18-13/h3-4,6,9H,1,5,7-8H2,2H3,(H,15,17). The van der Waals surface area contributed by atoms with Gasteiger partial charge in [-0.25, -0.2) is 4.98 Å². The number of hydrogen-bond acceptors (Lipinski definition) is 3. The number of nitrogens with zero attached hydrogens (tertiary/aromatic N) is 1. The van der Waals surface area contributed by atoms with Crippen molar-refractivity contribution in [2.24, 2.45) is 0 Å². The highest BCUT2D eigenvalue weighted by molar-refractivity contribution is 5.77. The van der Waals surface area contributed by atoms with E-state index in [1.165, 1.54) is 0 Å². The fraction of sp³-hybridized carbons (Fsp3) is 0.286. The van der Waals surface area contributed by atoms with Crippen LogP contribution in [0.4, 0.5) is 0 Å². The summed E-state index contributed by atoms with van der Waals surface area (Å²) in [6.45, 7) is 5.89. The molecule has 2 rings (SSSR count). The average molecular weight is 244 g/mol. The van der Waals surface area contributed by atoms with Gasteiger partial charge < -0.3 is 9.73 Å². The van der Waals surface area contributed by atoms with Crippen LogP contribution in [0.2, 0.25) is 0 Å². The van der Waals surface area contributed by atoms with Crippen molar-refractivity contribution in [1.82, 2.24) is 10.3 Å². The second kappa shape index (κ2) is 5.49. The van der Waals surface area contributed by atoms with E-state index in [1.54, 1.807) is 6.08 Å². The highest BCUT2D eigenvalue weighted by Crippen LogP contribution is 2.17. The number of nitrogens with one attached hydrogen (secondary N) is 1. The van der Waals surface area contributed by atoms with Gasteiger partial charge in [-0.2, -0.15) is 0 Å². The number of hydrogen-bond donors (Lipinski definition) is 1. The number of amides is 1. The van der Waals surface area contributed by atoms with Crippen molar-refractivity contribution in [3.63, 3.8) is 0 Å². The number of rotatable bonds is 5. The summed E-state index contributed by atoms with van der Waals surface area (Å²) in [5, 5.41) is 2.75. The summed E-state index contributed by atoms with van der Waals surface area (Å²) in [6, 6.07) is 5.83. The van der Waals surface area contributed by atoms with Crippen LogP contribution in [0.25, 0.3) is 11.1 Å². The van der Waals surface area contributed by atoms with E-state index in [2.05, 4.69) is 16.9 Å². The molecular weight excluding hydrogens is 228 g/mol. The molecule has 0 saturated heterocycles. The van der Waals surface area contributed by atoms with Crippen molar-refractivity contribution in [3.8, 4) is 0 Å². The summed E-state index contributed by atoms with van der Waals surface area (Å²) in [5.74, 6) is 0.692.